The minimum absolute atomic E-state index is 0.0362. The lowest BCUT2D eigenvalue weighted by atomic mass is 9.88. The van der Waals surface area contributed by atoms with E-state index in [4.69, 9.17) is 5.11 Å². The predicted molar refractivity (Wildman–Crippen MR) is 72.3 cm³/mol. The third kappa shape index (κ3) is 5.34. The number of hydrogen-bond donors (Lipinski definition) is 2. The first-order valence-electron chi connectivity index (χ1n) is 6.44. The standard InChI is InChI=1S/C14H25NO3/c1-6-14(7-2,9-12(16)17)15-13(18)11(5)8-10(3)4/h11H,3,6-9H2,1-2,4-5H3,(H,15,18)(H,16,17). The number of carboxylic acids is 1. The normalized spacial score (nSPS) is 12.9. The number of amides is 1. The van der Waals surface area contributed by atoms with Gasteiger partial charge in [-0.3, -0.25) is 9.59 Å². The Balaban J connectivity index is 4.72. The molecule has 0 aromatic rings. The van der Waals surface area contributed by atoms with Gasteiger partial charge in [0.1, 0.15) is 0 Å². The predicted octanol–water partition coefficient (Wildman–Crippen LogP) is 2.74. The summed E-state index contributed by atoms with van der Waals surface area (Å²) in [6.07, 6.45) is 1.82. The van der Waals surface area contributed by atoms with Crippen LogP contribution < -0.4 is 5.32 Å². The summed E-state index contributed by atoms with van der Waals surface area (Å²) in [4.78, 5) is 22.9. The van der Waals surface area contributed by atoms with Gasteiger partial charge in [-0.2, -0.15) is 0 Å². The molecule has 0 aliphatic carbocycles. The van der Waals surface area contributed by atoms with E-state index >= 15 is 0 Å². The zero-order valence-electron chi connectivity index (χ0n) is 11.9. The highest BCUT2D eigenvalue weighted by molar-refractivity contribution is 5.80. The molecule has 4 nitrogen and oxygen atoms in total. The van der Waals surface area contributed by atoms with Gasteiger partial charge in [-0.25, -0.2) is 0 Å². The lowest BCUT2D eigenvalue weighted by molar-refractivity contribution is -0.139. The molecule has 0 spiro atoms. The van der Waals surface area contributed by atoms with Crippen molar-refractivity contribution in [1.29, 1.82) is 0 Å². The molecule has 1 unspecified atom stereocenters. The van der Waals surface area contributed by atoms with Crippen molar-refractivity contribution in [3.05, 3.63) is 12.2 Å². The van der Waals surface area contributed by atoms with Crippen LogP contribution in [0.15, 0.2) is 12.2 Å². The average molecular weight is 255 g/mol. The van der Waals surface area contributed by atoms with Crippen LogP contribution in [0.5, 0.6) is 0 Å². The van der Waals surface area contributed by atoms with Crippen LogP contribution in [0.25, 0.3) is 0 Å². The van der Waals surface area contributed by atoms with E-state index < -0.39 is 11.5 Å². The first-order chi connectivity index (χ1) is 8.26. The molecule has 0 aromatic heterocycles. The van der Waals surface area contributed by atoms with Gasteiger partial charge in [-0.15, -0.1) is 6.58 Å². The quantitative estimate of drug-likeness (QED) is 0.655. The van der Waals surface area contributed by atoms with Crippen LogP contribution >= 0.6 is 0 Å². The summed E-state index contributed by atoms with van der Waals surface area (Å²) in [5, 5.41) is 11.8. The summed E-state index contributed by atoms with van der Waals surface area (Å²) in [5.74, 6) is -1.15. The van der Waals surface area contributed by atoms with E-state index in [1.54, 1.807) is 0 Å². The van der Waals surface area contributed by atoms with E-state index in [1.165, 1.54) is 0 Å². The smallest absolute Gasteiger partial charge is 0.305 e. The Morgan fingerprint density at radius 1 is 1.33 bits per heavy atom. The number of carbonyl (C=O) groups excluding carboxylic acids is 1. The summed E-state index contributed by atoms with van der Waals surface area (Å²) in [7, 11) is 0. The molecule has 2 N–H and O–H groups in total. The third-order valence-corrected chi connectivity index (χ3v) is 3.33. The van der Waals surface area contributed by atoms with Gasteiger partial charge in [0.15, 0.2) is 0 Å². The van der Waals surface area contributed by atoms with Crippen molar-refractivity contribution >= 4 is 11.9 Å². The van der Waals surface area contributed by atoms with Crippen molar-refractivity contribution in [2.24, 2.45) is 5.92 Å². The van der Waals surface area contributed by atoms with Crippen LogP contribution in [0, 0.1) is 5.92 Å². The highest BCUT2D eigenvalue weighted by Gasteiger charge is 2.32. The molecule has 0 heterocycles. The molecule has 1 amide bonds. The second-order valence-corrected chi connectivity index (χ2v) is 5.11. The van der Waals surface area contributed by atoms with E-state index in [1.807, 2.05) is 27.7 Å². The second kappa shape index (κ2) is 7.19. The number of carbonyl (C=O) groups is 2. The fourth-order valence-electron chi connectivity index (χ4n) is 2.01. The van der Waals surface area contributed by atoms with Crippen LogP contribution in [0.2, 0.25) is 0 Å². The molecule has 0 fully saturated rings. The van der Waals surface area contributed by atoms with Gasteiger partial charge in [0, 0.05) is 11.5 Å². The zero-order chi connectivity index (χ0) is 14.3. The minimum atomic E-state index is -0.883. The van der Waals surface area contributed by atoms with Gasteiger partial charge in [0.05, 0.1) is 6.42 Å². The molecule has 4 heteroatoms. The van der Waals surface area contributed by atoms with E-state index in [9.17, 15) is 9.59 Å². The molecule has 0 aliphatic heterocycles. The molecule has 0 rings (SSSR count). The number of rotatable bonds is 8. The summed E-state index contributed by atoms with van der Waals surface area (Å²) >= 11 is 0. The van der Waals surface area contributed by atoms with Crippen molar-refractivity contribution in [2.45, 2.75) is 58.9 Å². The van der Waals surface area contributed by atoms with Crippen molar-refractivity contribution < 1.29 is 14.7 Å². The lowest BCUT2D eigenvalue weighted by Crippen LogP contribution is -2.50. The van der Waals surface area contributed by atoms with Gasteiger partial charge >= 0.3 is 5.97 Å². The summed E-state index contributed by atoms with van der Waals surface area (Å²) in [5.41, 5.74) is 0.321. The Morgan fingerprint density at radius 2 is 1.83 bits per heavy atom. The SMILES string of the molecule is C=C(C)CC(C)C(=O)NC(CC)(CC)CC(=O)O. The van der Waals surface area contributed by atoms with E-state index in [2.05, 4.69) is 11.9 Å². The maximum Gasteiger partial charge on any atom is 0.305 e. The maximum absolute atomic E-state index is 12.0. The van der Waals surface area contributed by atoms with Gasteiger partial charge in [-0.05, 0) is 26.2 Å². The summed E-state index contributed by atoms with van der Waals surface area (Å²) < 4.78 is 0. The highest BCUT2D eigenvalue weighted by atomic mass is 16.4. The van der Waals surface area contributed by atoms with Crippen LogP contribution in [-0.4, -0.2) is 22.5 Å². The van der Waals surface area contributed by atoms with Crippen molar-refractivity contribution in [3.63, 3.8) is 0 Å². The average Bonchev–Trinajstić information content (AvgIpc) is 2.26. The molecule has 0 bridgehead atoms. The molecule has 0 aromatic carbocycles. The lowest BCUT2D eigenvalue weighted by Gasteiger charge is -2.32. The fraction of sp³-hybridized carbons (Fsp3) is 0.714. The Morgan fingerprint density at radius 3 is 2.17 bits per heavy atom. The topological polar surface area (TPSA) is 66.4 Å². The Kier molecular flexibility index (Phi) is 6.66. The number of nitrogens with one attached hydrogen (secondary N) is 1. The molecule has 104 valence electrons. The van der Waals surface area contributed by atoms with Crippen LogP contribution in [0.4, 0.5) is 0 Å². The monoisotopic (exact) mass is 255 g/mol. The number of hydrogen-bond acceptors (Lipinski definition) is 2. The van der Waals surface area contributed by atoms with Crippen molar-refractivity contribution in [2.75, 3.05) is 0 Å². The summed E-state index contributed by atoms with van der Waals surface area (Å²) in [6.45, 7) is 11.3. The first kappa shape index (κ1) is 16.7. The largest absolute Gasteiger partial charge is 0.481 e. The van der Waals surface area contributed by atoms with Crippen molar-refractivity contribution in [3.8, 4) is 0 Å². The Bertz CT molecular complexity index is 319. The van der Waals surface area contributed by atoms with Crippen molar-refractivity contribution in [1.82, 2.24) is 5.32 Å². The highest BCUT2D eigenvalue weighted by Crippen LogP contribution is 2.21. The van der Waals surface area contributed by atoms with Gasteiger partial charge in [0.25, 0.3) is 0 Å². The molecular weight excluding hydrogens is 230 g/mol. The molecule has 0 radical (unpaired) electrons. The molecule has 0 aliphatic rings. The van der Waals surface area contributed by atoms with Crippen LogP contribution in [-0.2, 0) is 9.59 Å². The number of allylic oxidation sites excluding steroid dienone is 1. The van der Waals surface area contributed by atoms with Crippen LogP contribution in [0.3, 0.4) is 0 Å². The zero-order valence-corrected chi connectivity index (χ0v) is 11.9. The first-order valence-corrected chi connectivity index (χ1v) is 6.44. The molecule has 18 heavy (non-hydrogen) atoms. The van der Waals surface area contributed by atoms with Gasteiger partial charge < -0.3 is 10.4 Å². The summed E-state index contributed by atoms with van der Waals surface area (Å²) in [6, 6.07) is 0. The third-order valence-electron chi connectivity index (χ3n) is 3.33. The van der Waals surface area contributed by atoms with E-state index in [0.717, 1.165) is 5.57 Å². The van der Waals surface area contributed by atoms with Gasteiger partial charge in [-0.1, -0.05) is 26.3 Å². The molecular formula is C14H25NO3. The number of carboxylic acid groups (broad SMARTS) is 1. The Hall–Kier alpha value is -1.32. The molecule has 0 saturated heterocycles. The van der Waals surface area contributed by atoms with E-state index in [-0.39, 0.29) is 18.2 Å². The molecule has 0 saturated carbocycles. The second-order valence-electron chi connectivity index (χ2n) is 5.11. The number of aliphatic carboxylic acids is 1. The maximum atomic E-state index is 12.0. The van der Waals surface area contributed by atoms with E-state index in [0.29, 0.717) is 19.3 Å². The van der Waals surface area contributed by atoms with Crippen LogP contribution in [0.1, 0.15) is 53.4 Å². The Labute approximate surface area is 109 Å². The van der Waals surface area contributed by atoms with Gasteiger partial charge in [0.2, 0.25) is 5.91 Å². The minimum Gasteiger partial charge on any atom is -0.481 e. The fourth-order valence-corrected chi connectivity index (χ4v) is 2.01. The molecule has 1 atom stereocenters.